The van der Waals surface area contributed by atoms with Gasteiger partial charge in [0.25, 0.3) is 0 Å². The number of carbonyl (C=O) groups excluding carboxylic acids is 1. The van der Waals surface area contributed by atoms with Crippen LogP contribution in [0.2, 0.25) is 0 Å². The SMILES string of the molecule is CN(Cc1nc(C(F)(F)F)cs1)C(=O)C1CCCNC1. The normalized spacial score (nSPS) is 19.9. The van der Waals surface area contributed by atoms with Crippen molar-refractivity contribution in [3.63, 3.8) is 0 Å². The molecule has 0 aromatic carbocycles. The molecule has 1 unspecified atom stereocenters. The van der Waals surface area contributed by atoms with Gasteiger partial charge in [0.1, 0.15) is 5.01 Å². The van der Waals surface area contributed by atoms with Crippen LogP contribution in [-0.4, -0.2) is 35.9 Å². The fourth-order valence-corrected chi connectivity index (χ4v) is 3.02. The number of halogens is 3. The Balaban J connectivity index is 1.95. The third-order valence-electron chi connectivity index (χ3n) is 3.24. The molecule has 1 aliphatic heterocycles. The number of hydrogen-bond acceptors (Lipinski definition) is 4. The molecular weight excluding hydrogens is 291 g/mol. The van der Waals surface area contributed by atoms with Crippen molar-refractivity contribution in [2.75, 3.05) is 20.1 Å². The summed E-state index contributed by atoms with van der Waals surface area (Å²) in [6.07, 6.45) is -2.66. The Bertz CT molecular complexity index is 469. The average Bonchev–Trinajstić information content (AvgIpc) is 2.87. The maximum atomic E-state index is 12.4. The summed E-state index contributed by atoms with van der Waals surface area (Å²) in [4.78, 5) is 17.1. The van der Waals surface area contributed by atoms with Gasteiger partial charge in [-0.25, -0.2) is 4.98 Å². The average molecular weight is 307 g/mol. The van der Waals surface area contributed by atoms with E-state index in [2.05, 4.69) is 10.3 Å². The zero-order valence-corrected chi connectivity index (χ0v) is 11.9. The molecular formula is C12H16F3N3OS. The predicted molar refractivity (Wildman–Crippen MR) is 69.2 cm³/mol. The smallest absolute Gasteiger partial charge is 0.339 e. The maximum Gasteiger partial charge on any atom is 0.434 e. The van der Waals surface area contributed by atoms with E-state index in [1.165, 1.54) is 4.90 Å². The predicted octanol–water partition coefficient (Wildman–Crippen LogP) is 2.12. The van der Waals surface area contributed by atoms with Crippen LogP contribution in [0, 0.1) is 5.92 Å². The topological polar surface area (TPSA) is 45.2 Å². The first kappa shape index (κ1) is 15.2. The number of nitrogens with one attached hydrogen (secondary N) is 1. The number of aromatic nitrogens is 1. The first-order valence-electron chi connectivity index (χ1n) is 6.35. The van der Waals surface area contributed by atoms with Crippen molar-refractivity contribution in [1.82, 2.24) is 15.2 Å². The van der Waals surface area contributed by atoms with Crippen LogP contribution < -0.4 is 5.32 Å². The minimum atomic E-state index is -4.43. The van der Waals surface area contributed by atoms with Gasteiger partial charge >= 0.3 is 6.18 Å². The van der Waals surface area contributed by atoms with Gasteiger partial charge in [0, 0.05) is 19.0 Å². The van der Waals surface area contributed by atoms with Gasteiger partial charge in [0.05, 0.1) is 12.5 Å². The Hall–Kier alpha value is -1.15. The van der Waals surface area contributed by atoms with E-state index >= 15 is 0 Å². The number of nitrogens with zero attached hydrogens (tertiary/aromatic N) is 2. The fourth-order valence-electron chi connectivity index (χ4n) is 2.17. The monoisotopic (exact) mass is 307 g/mol. The van der Waals surface area contributed by atoms with Crippen molar-refractivity contribution in [1.29, 1.82) is 0 Å². The lowest BCUT2D eigenvalue weighted by Gasteiger charge is -2.26. The third kappa shape index (κ3) is 3.69. The standard InChI is InChI=1S/C12H16F3N3OS/c1-18(11(19)8-3-2-4-16-5-8)6-10-17-9(7-20-10)12(13,14)15/h7-8,16H,2-6H2,1H3. The highest BCUT2D eigenvalue weighted by Crippen LogP contribution is 2.30. The molecule has 1 aromatic rings. The van der Waals surface area contributed by atoms with Gasteiger partial charge in [-0.3, -0.25) is 4.79 Å². The molecule has 1 amide bonds. The van der Waals surface area contributed by atoms with Crippen molar-refractivity contribution < 1.29 is 18.0 Å². The number of amides is 1. The summed E-state index contributed by atoms with van der Waals surface area (Å²) in [6.45, 7) is 1.67. The number of alkyl halides is 3. The van der Waals surface area contributed by atoms with Crippen LogP contribution in [0.25, 0.3) is 0 Å². The van der Waals surface area contributed by atoms with Crippen LogP contribution in [0.4, 0.5) is 13.2 Å². The number of thiazole rings is 1. The van der Waals surface area contributed by atoms with E-state index < -0.39 is 11.9 Å². The Kier molecular flexibility index (Phi) is 4.64. The Morgan fingerprint density at radius 3 is 2.90 bits per heavy atom. The van der Waals surface area contributed by atoms with Crippen molar-refractivity contribution in [2.45, 2.75) is 25.6 Å². The Labute approximate surface area is 119 Å². The van der Waals surface area contributed by atoms with Gasteiger partial charge < -0.3 is 10.2 Å². The molecule has 0 radical (unpaired) electrons. The second-order valence-electron chi connectivity index (χ2n) is 4.86. The van der Waals surface area contributed by atoms with E-state index in [9.17, 15) is 18.0 Å². The van der Waals surface area contributed by atoms with Gasteiger partial charge in [0.15, 0.2) is 5.69 Å². The van der Waals surface area contributed by atoms with Crippen LogP contribution in [-0.2, 0) is 17.5 Å². The van der Waals surface area contributed by atoms with Crippen molar-refractivity contribution in [3.05, 3.63) is 16.1 Å². The first-order valence-corrected chi connectivity index (χ1v) is 7.23. The van der Waals surface area contributed by atoms with Gasteiger partial charge in [-0.1, -0.05) is 0 Å². The van der Waals surface area contributed by atoms with Crippen molar-refractivity contribution >= 4 is 17.2 Å². The zero-order chi connectivity index (χ0) is 14.8. The summed E-state index contributed by atoms with van der Waals surface area (Å²) in [5.74, 6) is -0.128. The molecule has 112 valence electrons. The second kappa shape index (κ2) is 6.09. The molecule has 1 atom stereocenters. The highest BCUT2D eigenvalue weighted by molar-refractivity contribution is 7.09. The summed E-state index contributed by atoms with van der Waals surface area (Å²) in [5.41, 5.74) is -0.891. The van der Waals surface area contributed by atoms with Gasteiger partial charge in [0.2, 0.25) is 5.91 Å². The summed E-state index contributed by atoms with van der Waals surface area (Å²) < 4.78 is 37.3. The van der Waals surface area contributed by atoms with Gasteiger partial charge in [-0.05, 0) is 19.4 Å². The highest BCUT2D eigenvalue weighted by atomic mass is 32.1. The molecule has 0 spiro atoms. The molecule has 0 aliphatic carbocycles. The molecule has 2 heterocycles. The molecule has 2 rings (SSSR count). The maximum absolute atomic E-state index is 12.4. The molecule has 0 saturated carbocycles. The molecule has 0 bridgehead atoms. The summed E-state index contributed by atoms with van der Waals surface area (Å²) in [7, 11) is 1.60. The first-order chi connectivity index (χ1) is 9.38. The number of piperidine rings is 1. The summed E-state index contributed by atoms with van der Waals surface area (Å²) >= 11 is 0.928. The zero-order valence-electron chi connectivity index (χ0n) is 11.0. The lowest BCUT2D eigenvalue weighted by Crippen LogP contribution is -2.41. The molecule has 1 saturated heterocycles. The molecule has 1 aliphatic rings. The van der Waals surface area contributed by atoms with E-state index in [1.807, 2.05) is 0 Å². The minimum absolute atomic E-state index is 0.0408. The molecule has 1 aromatic heterocycles. The number of rotatable bonds is 3. The molecule has 20 heavy (non-hydrogen) atoms. The fraction of sp³-hybridized carbons (Fsp3) is 0.667. The minimum Gasteiger partial charge on any atom is -0.339 e. The third-order valence-corrected chi connectivity index (χ3v) is 4.07. The number of carbonyl (C=O) groups is 1. The molecule has 8 heteroatoms. The van der Waals surface area contributed by atoms with Crippen molar-refractivity contribution in [3.8, 4) is 0 Å². The van der Waals surface area contributed by atoms with Gasteiger partial charge in [-0.15, -0.1) is 11.3 Å². The lowest BCUT2D eigenvalue weighted by atomic mass is 9.98. The van der Waals surface area contributed by atoms with E-state index in [0.29, 0.717) is 11.6 Å². The van der Waals surface area contributed by atoms with Crippen LogP contribution in [0.15, 0.2) is 5.38 Å². The van der Waals surface area contributed by atoms with E-state index in [-0.39, 0.29) is 18.4 Å². The summed E-state index contributed by atoms with van der Waals surface area (Å²) in [6, 6.07) is 0. The van der Waals surface area contributed by atoms with E-state index in [4.69, 9.17) is 0 Å². The number of hydrogen-bond donors (Lipinski definition) is 1. The summed E-state index contributed by atoms with van der Waals surface area (Å²) in [5, 5.41) is 4.43. The molecule has 1 N–H and O–H groups in total. The Morgan fingerprint density at radius 1 is 1.60 bits per heavy atom. The highest BCUT2D eigenvalue weighted by Gasteiger charge is 2.34. The largest absolute Gasteiger partial charge is 0.434 e. The van der Waals surface area contributed by atoms with E-state index in [1.54, 1.807) is 7.05 Å². The van der Waals surface area contributed by atoms with Gasteiger partial charge in [-0.2, -0.15) is 13.2 Å². The van der Waals surface area contributed by atoms with Crippen LogP contribution in [0.3, 0.4) is 0 Å². The lowest BCUT2D eigenvalue weighted by molar-refractivity contribution is -0.140. The van der Waals surface area contributed by atoms with Crippen molar-refractivity contribution in [2.24, 2.45) is 5.92 Å². The van der Waals surface area contributed by atoms with Crippen LogP contribution in [0.1, 0.15) is 23.5 Å². The molecule has 4 nitrogen and oxygen atoms in total. The Morgan fingerprint density at radius 2 is 2.35 bits per heavy atom. The van der Waals surface area contributed by atoms with E-state index in [0.717, 1.165) is 36.1 Å². The second-order valence-corrected chi connectivity index (χ2v) is 5.80. The van der Waals surface area contributed by atoms with Crippen LogP contribution in [0.5, 0.6) is 0 Å². The van der Waals surface area contributed by atoms with Crippen LogP contribution >= 0.6 is 11.3 Å². The molecule has 1 fully saturated rings. The quantitative estimate of drug-likeness (QED) is 0.930.